The van der Waals surface area contributed by atoms with Crippen LogP contribution in [0.5, 0.6) is 5.75 Å². The Kier molecular flexibility index (Phi) is 6.17. The van der Waals surface area contributed by atoms with E-state index in [0.29, 0.717) is 0 Å². The molecule has 0 aromatic heterocycles. The van der Waals surface area contributed by atoms with Crippen LogP contribution in [0.15, 0.2) is 60.7 Å². The summed E-state index contributed by atoms with van der Waals surface area (Å²) in [5.74, 6) is -1.04. The van der Waals surface area contributed by atoms with Crippen molar-refractivity contribution in [3.63, 3.8) is 0 Å². The van der Waals surface area contributed by atoms with E-state index in [-0.39, 0.29) is 47.2 Å². The zero-order valence-electron chi connectivity index (χ0n) is 19.6. The summed E-state index contributed by atoms with van der Waals surface area (Å²) in [7, 11) is 1.38. The van der Waals surface area contributed by atoms with Crippen molar-refractivity contribution >= 4 is 29.2 Å². The predicted octanol–water partition coefficient (Wildman–Crippen LogP) is 3.49. The Labute approximate surface area is 207 Å². The van der Waals surface area contributed by atoms with Gasteiger partial charge in [-0.15, -0.1) is 0 Å². The number of methoxy groups -OCH3 is 1. The van der Waals surface area contributed by atoms with Gasteiger partial charge < -0.3 is 15.4 Å². The summed E-state index contributed by atoms with van der Waals surface area (Å²) < 4.78 is 5.22. The normalized spacial score (nSPS) is 24.9. The number of rotatable bonds is 7. The number of amides is 4. The fraction of sp³-hybridized carbons (Fsp3) is 0.346. The van der Waals surface area contributed by atoms with Crippen LogP contribution < -0.4 is 15.4 Å². The van der Waals surface area contributed by atoms with Gasteiger partial charge in [-0.3, -0.25) is 24.6 Å². The smallest absolute Gasteiger partial charge is 0.320 e. The molecule has 4 amide bonds. The van der Waals surface area contributed by atoms with Gasteiger partial charge in [0.05, 0.1) is 29.6 Å². The zero-order valence-corrected chi connectivity index (χ0v) is 19.6. The predicted molar refractivity (Wildman–Crippen MR) is 130 cm³/mol. The lowest BCUT2D eigenvalue weighted by molar-refractivity contribution is -0.384. The van der Waals surface area contributed by atoms with Gasteiger partial charge in [0.2, 0.25) is 11.8 Å². The third kappa shape index (κ3) is 4.19. The molecule has 2 fully saturated rings. The summed E-state index contributed by atoms with van der Waals surface area (Å²) in [5.41, 5.74) is 0.717. The van der Waals surface area contributed by atoms with E-state index in [1.165, 1.54) is 30.2 Å². The van der Waals surface area contributed by atoms with Crippen molar-refractivity contribution in [2.45, 2.75) is 25.4 Å². The third-order valence-corrected chi connectivity index (χ3v) is 7.32. The Hall–Kier alpha value is -4.21. The van der Waals surface area contributed by atoms with Crippen LogP contribution >= 0.6 is 0 Å². The Bertz CT molecular complexity index is 1210. The Balaban J connectivity index is 1.41. The van der Waals surface area contributed by atoms with Crippen LogP contribution in [0.3, 0.4) is 0 Å². The summed E-state index contributed by atoms with van der Waals surface area (Å²) in [6.45, 7) is 0. The van der Waals surface area contributed by atoms with Crippen LogP contribution in [0, 0.1) is 33.8 Å². The Morgan fingerprint density at radius 3 is 2.28 bits per heavy atom. The van der Waals surface area contributed by atoms with Gasteiger partial charge in [0.15, 0.2) is 0 Å². The molecule has 36 heavy (non-hydrogen) atoms. The lowest BCUT2D eigenvalue weighted by Gasteiger charge is -2.38. The molecule has 1 heterocycles. The number of nitro groups is 1. The first-order chi connectivity index (χ1) is 17.4. The number of non-ortho nitro benzene ring substituents is 1. The number of carbonyl (C=O) groups is 3. The summed E-state index contributed by atoms with van der Waals surface area (Å²) in [5, 5.41) is 16.5. The topological polar surface area (TPSA) is 131 Å². The van der Waals surface area contributed by atoms with Gasteiger partial charge in [0.1, 0.15) is 11.9 Å². The van der Waals surface area contributed by atoms with E-state index >= 15 is 0 Å². The number of nitro benzene ring substituents is 1. The molecular formula is C26H26N4O6. The molecule has 10 nitrogen and oxygen atoms in total. The molecular weight excluding hydrogens is 464 g/mol. The molecule has 2 bridgehead atoms. The molecule has 186 valence electrons. The second-order valence-electron chi connectivity index (χ2n) is 9.33. The molecule has 5 unspecified atom stereocenters. The van der Waals surface area contributed by atoms with Crippen molar-refractivity contribution in [2.75, 3.05) is 12.4 Å². The first-order valence-electron chi connectivity index (χ1n) is 11.9. The first kappa shape index (κ1) is 23.5. The van der Waals surface area contributed by atoms with Crippen molar-refractivity contribution in [1.29, 1.82) is 0 Å². The largest absolute Gasteiger partial charge is 0.495 e. The minimum atomic E-state index is -0.929. The van der Waals surface area contributed by atoms with Crippen LogP contribution in [-0.4, -0.2) is 40.9 Å². The molecule has 4 aliphatic rings. The number of benzene rings is 2. The van der Waals surface area contributed by atoms with E-state index in [1.54, 1.807) is 0 Å². The highest BCUT2D eigenvalue weighted by atomic mass is 16.6. The number of hydrogen-bond acceptors (Lipinski definition) is 6. The molecule has 2 aromatic carbocycles. The number of carbonyl (C=O) groups excluding carboxylic acids is 3. The second kappa shape index (κ2) is 9.44. The fourth-order valence-electron chi connectivity index (χ4n) is 5.67. The highest BCUT2D eigenvalue weighted by molar-refractivity contribution is 6.06. The van der Waals surface area contributed by atoms with Crippen molar-refractivity contribution in [1.82, 2.24) is 10.2 Å². The lowest BCUT2D eigenvalue weighted by Crippen LogP contribution is -2.53. The maximum absolute atomic E-state index is 13.5. The maximum atomic E-state index is 13.5. The number of hydrogen-bond donors (Lipinski definition) is 2. The van der Waals surface area contributed by atoms with Crippen LogP contribution in [0.1, 0.15) is 18.4 Å². The standard InChI is InChI=1S/C26H26N4O6/c1-36-20-12-11-18(30(34)35)14-19(20)27-26(33)28-21(13-15-5-3-2-4-6-15)29-24(31)22-16-7-8-17(10-9-16)23(22)25(29)32/h2-8,11-12,14,16-17,21-23H,9-10,13H2,1H3,(H2,27,28,33). The number of nitrogens with one attached hydrogen (secondary N) is 2. The molecule has 1 aliphatic heterocycles. The number of urea groups is 1. The van der Waals surface area contributed by atoms with Crippen LogP contribution in [-0.2, 0) is 16.0 Å². The molecule has 1 saturated heterocycles. The van der Waals surface area contributed by atoms with Gasteiger partial charge in [-0.05, 0) is 36.3 Å². The fourth-order valence-corrected chi connectivity index (χ4v) is 5.67. The van der Waals surface area contributed by atoms with Gasteiger partial charge in [-0.1, -0.05) is 42.5 Å². The number of anilines is 1. The molecule has 1 saturated carbocycles. The van der Waals surface area contributed by atoms with E-state index in [1.807, 2.05) is 42.5 Å². The SMILES string of the molecule is COc1ccc([N+](=O)[O-])cc1NC(=O)NC(Cc1ccccc1)N1C(=O)C2C3C=CC(CC3)C2C1=O. The number of likely N-dealkylation sites (tertiary alicyclic amines) is 1. The van der Waals surface area contributed by atoms with E-state index in [4.69, 9.17) is 4.74 Å². The molecule has 2 aromatic rings. The molecule has 0 radical (unpaired) electrons. The van der Waals surface area contributed by atoms with Crippen molar-refractivity contribution in [3.05, 3.63) is 76.4 Å². The maximum Gasteiger partial charge on any atom is 0.320 e. The Morgan fingerprint density at radius 1 is 1.08 bits per heavy atom. The van der Waals surface area contributed by atoms with Crippen LogP contribution in [0.2, 0.25) is 0 Å². The summed E-state index contributed by atoms with van der Waals surface area (Å²) in [6, 6.07) is 12.4. The minimum Gasteiger partial charge on any atom is -0.495 e. The number of fused-ring (bicyclic) bond motifs is 1. The van der Waals surface area contributed by atoms with Crippen LogP contribution in [0.25, 0.3) is 0 Å². The van der Waals surface area contributed by atoms with Gasteiger partial charge in [-0.25, -0.2) is 4.79 Å². The monoisotopic (exact) mass is 490 g/mol. The average Bonchev–Trinajstić information content (AvgIpc) is 3.17. The molecule has 6 rings (SSSR count). The van der Waals surface area contributed by atoms with Gasteiger partial charge >= 0.3 is 6.03 Å². The summed E-state index contributed by atoms with van der Waals surface area (Å²) in [4.78, 5) is 52.0. The van der Waals surface area contributed by atoms with E-state index in [9.17, 15) is 24.5 Å². The van der Waals surface area contributed by atoms with E-state index in [2.05, 4.69) is 10.6 Å². The van der Waals surface area contributed by atoms with E-state index in [0.717, 1.165) is 18.4 Å². The van der Waals surface area contributed by atoms with E-state index < -0.39 is 29.0 Å². The summed E-state index contributed by atoms with van der Waals surface area (Å²) in [6.07, 6.45) is 5.13. The average molecular weight is 491 g/mol. The third-order valence-electron chi connectivity index (χ3n) is 7.32. The highest BCUT2D eigenvalue weighted by Gasteiger charge is 2.58. The van der Waals surface area contributed by atoms with Crippen molar-refractivity contribution in [2.24, 2.45) is 23.7 Å². The number of ether oxygens (including phenoxy) is 1. The molecule has 3 aliphatic carbocycles. The molecule has 5 atom stereocenters. The molecule has 10 heteroatoms. The van der Waals surface area contributed by atoms with Crippen molar-refractivity contribution in [3.8, 4) is 5.75 Å². The zero-order chi connectivity index (χ0) is 25.4. The van der Waals surface area contributed by atoms with Gasteiger partial charge in [-0.2, -0.15) is 0 Å². The first-order valence-corrected chi connectivity index (χ1v) is 11.9. The lowest BCUT2D eigenvalue weighted by atomic mass is 9.63. The second-order valence-corrected chi connectivity index (χ2v) is 9.33. The van der Waals surface area contributed by atoms with Gasteiger partial charge in [0, 0.05) is 18.6 Å². The minimum absolute atomic E-state index is 0.0294. The molecule has 0 spiro atoms. The number of nitrogens with zero attached hydrogens (tertiary/aromatic N) is 2. The number of imide groups is 1. The Morgan fingerprint density at radius 2 is 1.72 bits per heavy atom. The highest BCUT2D eigenvalue weighted by Crippen LogP contribution is 2.50. The summed E-state index contributed by atoms with van der Waals surface area (Å²) >= 11 is 0. The van der Waals surface area contributed by atoms with Crippen molar-refractivity contribution < 1.29 is 24.0 Å². The molecule has 2 N–H and O–H groups in total. The van der Waals surface area contributed by atoms with Crippen LogP contribution in [0.4, 0.5) is 16.2 Å². The van der Waals surface area contributed by atoms with Gasteiger partial charge in [0.25, 0.3) is 5.69 Å². The quantitative estimate of drug-likeness (QED) is 0.264. The number of allylic oxidation sites excluding steroid dienone is 2.